The number of hydrogen-bond donors (Lipinski definition) is 0. The third-order valence-corrected chi connectivity index (χ3v) is 3.49. The van der Waals surface area contributed by atoms with Gasteiger partial charge in [0.15, 0.2) is 0 Å². The molecule has 0 N–H and O–H groups in total. The van der Waals surface area contributed by atoms with Gasteiger partial charge in [-0.15, -0.1) is 0 Å². The third-order valence-electron chi connectivity index (χ3n) is 3.49. The van der Waals surface area contributed by atoms with Crippen LogP contribution < -0.4 is 0 Å². The summed E-state index contributed by atoms with van der Waals surface area (Å²) in [6.45, 7) is 10.4. The van der Waals surface area contributed by atoms with Gasteiger partial charge in [0.25, 0.3) is 0 Å². The SMILES string of the molecule is C=C1C(C)=CC(C)C=C(OC)/C1=N/c1ccccc1C. The van der Waals surface area contributed by atoms with Crippen molar-refractivity contribution in [1.29, 1.82) is 0 Å². The Morgan fingerprint density at radius 1 is 1.15 bits per heavy atom. The molecule has 2 rings (SSSR count). The molecule has 1 aliphatic carbocycles. The summed E-state index contributed by atoms with van der Waals surface area (Å²) in [6.07, 6.45) is 4.26. The molecule has 0 spiro atoms. The molecule has 0 bridgehead atoms. The second-order valence-corrected chi connectivity index (χ2v) is 5.17. The van der Waals surface area contributed by atoms with Crippen LogP contribution in [-0.2, 0) is 4.74 Å². The smallest absolute Gasteiger partial charge is 0.141 e. The fourth-order valence-corrected chi connectivity index (χ4v) is 2.29. The van der Waals surface area contributed by atoms with Gasteiger partial charge >= 0.3 is 0 Å². The first-order valence-corrected chi connectivity index (χ1v) is 6.81. The van der Waals surface area contributed by atoms with Gasteiger partial charge in [-0.25, -0.2) is 4.99 Å². The summed E-state index contributed by atoms with van der Waals surface area (Å²) in [7, 11) is 1.68. The Labute approximate surface area is 121 Å². The van der Waals surface area contributed by atoms with Gasteiger partial charge in [0, 0.05) is 0 Å². The second-order valence-electron chi connectivity index (χ2n) is 5.17. The average Bonchev–Trinajstić information content (AvgIpc) is 2.52. The van der Waals surface area contributed by atoms with E-state index < -0.39 is 0 Å². The summed E-state index contributed by atoms with van der Waals surface area (Å²) in [5, 5.41) is 0. The predicted octanol–water partition coefficient (Wildman–Crippen LogP) is 4.75. The fourth-order valence-electron chi connectivity index (χ4n) is 2.29. The normalized spacial score (nSPS) is 21.3. The highest BCUT2D eigenvalue weighted by Crippen LogP contribution is 2.27. The minimum absolute atomic E-state index is 0.311. The molecule has 0 heterocycles. The Bertz CT molecular complexity index is 620. The minimum atomic E-state index is 0.311. The molecule has 0 radical (unpaired) electrons. The van der Waals surface area contributed by atoms with E-state index in [2.05, 4.69) is 45.6 Å². The molecule has 1 unspecified atom stereocenters. The van der Waals surface area contributed by atoms with Crippen LogP contribution >= 0.6 is 0 Å². The summed E-state index contributed by atoms with van der Waals surface area (Å²) in [5.41, 5.74) is 4.98. The van der Waals surface area contributed by atoms with E-state index in [4.69, 9.17) is 9.73 Å². The number of hydrogen-bond acceptors (Lipinski definition) is 2. The van der Waals surface area contributed by atoms with Crippen LogP contribution in [0.15, 0.2) is 64.9 Å². The largest absolute Gasteiger partial charge is 0.495 e. The molecule has 0 aliphatic heterocycles. The lowest BCUT2D eigenvalue weighted by atomic mass is 10.0. The molecule has 1 atom stereocenters. The fraction of sp³-hybridized carbons (Fsp3) is 0.278. The highest BCUT2D eigenvalue weighted by atomic mass is 16.5. The molecule has 0 fully saturated rings. The first-order valence-electron chi connectivity index (χ1n) is 6.81. The maximum atomic E-state index is 5.52. The average molecular weight is 267 g/mol. The molecule has 1 aromatic carbocycles. The van der Waals surface area contributed by atoms with Crippen molar-refractivity contribution in [2.75, 3.05) is 7.11 Å². The summed E-state index contributed by atoms with van der Waals surface area (Å²) in [5.74, 6) is 1.10. The van der Waals surface area contributed by atoms with Gasteiger partial charge in [0.2, 0.25) is 0 Å². The van der Waals surface area contributed by atoms with Crippen molar-refractivity contribution in [2.24, 2.45) is 10.9 Å². The zero-order chi connectivity index (χ0) is 14.7. The van der Waals surface area contributed by atoms with E-state index in [0.29, 0.717) is 5.92 Å². The van der Waals surface area contributed by atoms with Crippen LogP contribution in [0.5, 0.6) is 0 Å². The van der Waals surface area contributed by atoms with Crippen LogP contribution in [0.4, 0.5) is 5.69 Å². The number of methoxy groups -OCH3 is 1. The van der Waals surface area contributed by atoms with E-state index in [-0.39, 0.29) is 0 Å². The summed E-state index contributed by atoms with van der Waals surface area (Å²) >= 11 is 0. The van der Waals surface area contributed by atoms with Gasteiger partial charge < -0.3 is 4.74 Å². The van der Waals surface area contributed by atoms with Crippen molar-refractivity contribution in [1.82, 2.24) is 0 Å². The van der Waals surface area contributed by atoms with Gasteiger partial charge in [0.1, 0.15) is 11.5 Å². The van der Waals surface area contributed by atoms with Crippen molar-refractivity contribution >= 4 is 11.4 Å². The lowest BCUT2D eigenvalue weighted by Crippen LogP contribution is -2.08. The Morgan fingerprint density at radius 3 is 2.50 bits per heavy atom. The van der Waals surface area contributed by atoms with Gasteiger partial charge in [-0.05, 0) is 48.6 Å². The lowest BCUT2D eigenvalue weighted by molar-refractivity contribution is 0.312. The second kappa shape index (κ2) is 5.91. The number of aliphatic imine (C=N–C) groups is 1. The van der Waals surface area contributed by atoms with E-state index in [1.165, 1.54) is 0 Å². The molecule has 20 heavy (non-hydrogen) atoms. The van der Waals surface area contributed by atoms with Crippen LogP contribution in [0.25, 0.3) is 0 Å². The number of allylic oxidation sites excluding steroid dienone is 4. The molecule has 1 aromatic rings. The maximum Gasteiger partial charge on any atom is 0.141 e. The first kappa shape index (κ1) is 14.3. The number of benzene rings is 1. The van der Waals surface area contributed by atoms with Crippen molar-refractivity contribution < 1.29 is 4.74 Å². The van der Waals surface area contributed by atoms with E-state index in [9.17, 15) is 0 Å². The van der Waals surface area contributed by atoms with Crippen LogP contribution in [0.2, 0.25) is 0 Å². The number of nitrogens with zero attached hydrogens (tertiary/aromatic N) is 1. The standard InChI is InChI=1S/C18H21NO/c1-12-10-14(3)15(4)18(17(11-12)20-5)19-16-9-7-6-8-13(16)2/h6-12H,4H2,1-3,5H3/b19-18+. The highest BCUT2D eigenvalue weighted by molar-refractivity contribution is 6.14. The Kier molecular flexibility index (Phi) is 4.23. The minimum Gasteiger partial charge on any atom is -0.495 e. The van der Waals surface area contributed by atoms with Crippen LogP contribution in [0.3, 0.4) is 0 Å². The van der Waals surface area contributed by atoms with Crippen LogP contribution in [0, 0.1) is 12.8 Å². The van der Waals surface area contributed by atoms with Gasteiger partial charge in [-0.3, -0.25) is 0 Å². The Morgan fingerprint density at radius 2 is 1.85 bits per heavy atom. The summed E-state index contributed by atoms with van der Waals surface area (Å²) in [4.78, 5) is 4.78. The molecular formula is C18H21NO. The van der Waals surface area contributed by atoms with Gasteiger partial charge in [-0.2, -0.15) is 0 Å². The molecule has 2 nitrogen and oxygen atoms in total. The number of aryl methyl sites for hydroxylation is 1. The Hall–Kier alpha value is -2.09. The van der Waals surface area contributed by atoms with E-state index in [1.807, 2.05) is 18.2 Å². The topological polar surface area (TPSA) is 21.6 Å². The van der Waals surface area contributed by atoms with E-state index >= 15 is 0 Å². The third kappa shape index (κ3) is 2.90. The summed E-state index contributed by atoms with van der Waals surface area (Å²) in [6, 6.07) is 8.07. The van der Waals surface area contributed by atoms with Gasteiger partial charge in [0.05, 0.1) is 12.8 Å². The molecule has 0 aromatic heterocycles. The molecule has 0 saturated carbocycles. The number of ether oxygens (including phenoxy) is 1. The van der Waals surface area contributed by atoms with Crippen LogP contribution in [0.1, 0.15) is 19.4 Å². The number of para-hydroxylation sites is 1. The van der Waals surface area contributed by atoms with Crippen molar-refractivity contribution in [2.45, 2.75) is 20.8 Å². The maximum absolute atomic E-state index is 5.52. The monoisotopic (exact) mass is 267 g/mol. The zero-order valence-corrected chi connectivity index (χ0v) is 12.6. The molecule has 2 heteroatoms. The van der Waals surface area contributed by atoms with Gasteiger partial charge in [-0.1, -0.05) is 37.8 Å². The molecular weight excluding hydrogens is 246 g/mol. The predicted molar refractivity (Wildman–Crippen MR) is 85.4 cm³/mol. The quantitative estimate of drug-likeness (QED) is 0.757. The first-order chi connectivity index (χ1) is 9.52. The number of rotatable bonds is 2. The molecule has 104 valence electrons. The van der Waals surface area contributed by atoms with E-state index in [1.54, 1.807) is 7.11 Å². The molecule has 0 amide bonds. The van der Waals surface area contributed by atoms with Crippen molar-refractivity contribution in [3.8, 4) is 0 Å². The van der Waals surface area contributed by atoms with Crippen LogP contribution in [-0.4, -0.2) is 12.8 Å². The summed E-state index contributed by atoms with van der Waals surface area (Å²) < 4.78 is 5.52. The highest BCUT2D eigenvalue weighted by Gasteiger charge is 2.18. The van der Waals surface area contributed by atoms with Crippen molar-refractivity contribution in [3.63, 3.8) is 0 Å². The Balaban J connectivity index is 2.56. The molecule has 0 saturated heterocycles. The zero-order valence-electron chi connectivity index (χ0n) is 12.6. The van der Waals surface area contributed by atoms with Crippen molar-refractivity contribution in [3.05, 3.63) is 65.5 Å². The molecule has 1 aliphatic rings. The van der Waals surface area contributed by atoms with E-state index in [0.717, 1.165) is 33.9 Å². The lowest BCUT2D eigenvalue weighted by Gasteiger charge is -2.12.